The van der Waals surface area contributed by atoms with Gasteiger partial charge in [0.2, 0.25) is 5.91 Å². The maximum Gasteiger partial charge on any atom is 0.274 e. The summed E-state index contributed by atoms with van der Waals surface area (Å²) in [6, 6.07) is 3.00. The van der Waals surface area contributed by atoms with E-state index in [1.54, 1.807) is 13.0 Å². The second-order valence-electron chi connectivity index (χ2n) is 5.67. The minimum Gasteiger partial charge on any atom is -0.325 e. The van der Waals surface area contributed by atoms with Crippen LogP contribution in [0.25, 0.3) is 0 Å². The Morgan fingerprint density at radius 2 is 2.10 bits per heavy atom. The van der Waals surface area contributed by atoms with Gasteiger partial charge >= 0.3 is 0 Å². The molecular formula is C14H18BrN3O3. The molecule has 21 heavy (non-hydrogen) atoms. The number of aryl methyl sites for hydroxylation is 1. The summed E-state index contributed by atoms with van der Waals surface area (Å²) in [7, 11) is 0. The van der Waals surface area contributed by atoms with Crippen LogP contribution in [0.2, 0.25) is 0 Å². The molecule has 0 aliphatic heterocycles. The number of rotatable bonds is 4. The van der Waals surface area contributed by atoms with E-state index in [-0.39, 0.29) is 18.0 Å². The SMILES string of the molecule is Cc1cc(Br)c(NC(=O)CC2(N)CCCC2)cc1[N+](=O)[O-]. The van der Waals surface area contributed by atoms with Crippen LogP contribution in [0.3, 0.4) is 0 Å². The fourth-order valence-electron chi connectivity index (χ4n) is 2.72. The van der Waals surface area contributed by atoms with E-state index in [4.69, 9.17) is 5.73 Å². The number of nitrogens with zero attached hydrogens (tertiary/aromatic N) is 1. The summed E-state index contributed by atoms with van der Waals surface area (Å²) in [6.07, 6.45) is 4.01. The van der Waals surface area contributed by atoms with Crippen LogP contribution in [0.1, 0.15) is 37.7 Å². The molecule has 0 bridgehead atoms. The van der Waals surface area contributed by atoms with E-state index in [0.717, 1.165) is 25.7 Å². The van der Waals surface area contributed by atoms with Crippen LogP contribution < -0.4 is 11.1 Å². The molecule has 7 heteroatoms. The van der Waals surface area contributed by atoms with Crippen molar-refractivity contribution >= 4 is 33.2 Å². The summed E-state index contributed by atoms with van der Waals surface area (Å²) in [6.45, 7) is 1.65. The summed E-state index contributed by atoms with van der Waals surface area (Å²) in [5, 5.41) is 13.7. The van der Waals surface area contributed by atoms with E-state index >= 15 is 0 Å². The number of hydrogen-bond acceptors (Lipinski definition) is 4. The Hall–Kier alpha value is -1.47. The standard InChI is InChI=1S/C14H18BrN3O3/c1-9-6-10(15)11(7-12(9)18(20)21)17-13(19)8-14(16)4-2-3-5-14/h6-7H,2-5,8,16H2,1H3,(H,17,19). The van der Waals surface area contributed by atoms with E-state index in [0.29, 0.717) is 15.7 Å². The summed E-state index contributed by atoms with van der Waals surface area (Å²) in [4.78, 5) is 22.6. The third-order valence-corrected chi connectivity index (χ3v) is 4.52. The minimum absolute atomic E-state index is 0.0168. The zero-order chi connectivity index (χ0) is 15.6. The van der Waals surface area contributed by atoms with Crippen molar-refractivity contribution in [2.75, 3.05) is 5.32 Å². The molecule has 3 N–H and O–H groups in total. The molecule has 1 aromatic carbocycles. The first-order chi connectivity index (χ1) is 9.81. The Kier molecular flexibility index (Phi) is 4.63. The molecule has 0 spiro atoms. The lowest BCUT2D eigenvalue weighted by molar-refractivity contribution is -0.385. The third kappa shape index (κ3) is 3.79. The second kappa shape index (κ2) is 6.11. The predicted molar refractivity (Wildman–Crippen MR) is 84.2 cm³/mol. The quantitative estimate of drug-likeness (QED) is 0.639. The van der Waals surface area contributed by atoms with Crippen molar-refractivity contribution in [3.05, 3.63) is 32.3 Å². The average Bonchev–Trinajstić information content (AvgIpc) is 2.78. The fourth-order valence-corrected chi connectivity index (χ4v) is 3.28. The number of halogens is 1. The predicted octanol–water partition coefficient (Wildman–Crippen LogP) is 3.27. The smallest absolute Gasteiger partial charge is 0.274 e. The van der Waals surface area contributed by atoms with E-state index in [1.165, 1.54) is 6.07 Å². The van der Waals surface area contributed by atoms with Crippen LogP contribution in [0.15, 0.2) is 16.6 Å². The van der Waals surface area contributed by atoms with Crippen LogP contribution in [0.5, 0.6) is 0 Å². The minimum atomic E-state index is -0.460. The highest BCUT2D eigenvalue weighted by molar-refractivity contribution is 9.10. The molecule has 2 rings (SSSR count). The number of hydrogen-bond donors (Lipinski definition) is 2. The van der Waals surface area contributed by atoms with E-state index in [1.807, 2.05) is 0 Å². The Labute approximate surface area is 131 Å². The molecule has 1 aromatic rings. The van der Waals surface area contributed by atoms with Gasteiger partial charge in [-0.1, -0.05) is 12.8 Å². The summed E-state index contributed by atoms with van der Waals surface area (Å²) >= 11 is 3.32. The third-order valence-electron chi connectivity index (χ3n) is 3.87. The van der Waals surface area contributed by atoms with Gasteiger partial charge in [0.05, 0.1) is 10.6 Å². The Bertz CT molecular complexity index is 583. The Morgan fingerprint density at radius 3 is 2.67 bits per heavy atom. The van der Waals surface area contributed by atoms with Crippen molar-refractivity contribution in [3.8, 4) is 0 Å². The number of nitro benzene ring substituents is 1. The second-order valence-corrected chi connectivity index (χ2v) is 6.52. The summed E-state index contributed by atoms with van der Waals surface area (Å²) < 4.78 is 0.622. The van der Waals surface area contributed by atoms with Crippen molar-refractivity contribution in [1.29, 1.82) is 0 Å². The van der Waals surface area contributed by atoms with Gasteiger partial charge in [-0.15, -0.1) is 0 Å². The van der Waals surface area contributed by atoms with Crippen LogP contribution in [0.4, 0.5) is 11.4 Å². The van der Waals surface area contributed by atoms with Gasteiger partial charge in [-0.25, -0.2) is 0 Å². The number of carbonyl (C=O) groups excluding carboxylic acids is 1. The first-order valence-electron chi connectivity index (χ1n) is 6.84. The van der Waals surface area contributed by atoms with Crippen molar-refractivity contribution in [2.45, 2.75) is 44.6 Å². The lowest BCUT2D eigenvalue weighted by Crippen LogP contribution is -2.40. The van der Waals surface area contributed by atoms with Crippen LogP contribution in [0, 0.1) is 17.0 Å². The molecule has 1 fully saturated rings. The number of nitro groups is 1. The number of benzene rings is 1. The maximum absolute atomic E-state index is 12.1. The lowest BCUT2D eigenvalue weighted by Gasteiger charge is -2.22. The molecule has 0 saturated heterocycles. The first-order valence-corrected chi connectivity index (χ1v) is 7.63. The Balaban J connectivity index is 2.13. The highest BCUT2D eigenvalue weighted by atomic mass is 79.9. The van der Waals surface area contributed by atoms with Crippen LogP contribution >= 0.6 is 15.9 Å². The molecule has 0 aromatic heterocycles. The summed E-state index contributed by atoms with van der Waals surface area (Å²) in [5.74, 6) is -0.210. The number of anilines is 1. The molecule has 0 heterocycles. The van der Waals surface area contributed by atoms with Crippen LogP contribution in [-0.2, 0) is 4.79 Å². The molecule has 1 saturated carbocycles. The highest BCUT2D eigenvalue weighted by Crippen LogP contribution is 2.33. The molecule has 1 amide bonds. The highest BCUT2D eigenvalue weighted by Gasteiger charge is 2.32. The van der Waals surface area contributed by atoms with Gasteiger partial charge in [-0.2, -0.15) is 0 Å². The topological polar surface area (TPSA) is 98.3 Å². The number of nitrogens with one attached hydrogen (secondary N) is 1. The van der Waals surface area contributed by atoms with Gasteiger partial charge in [-0.3, -0.25) is 14.9 Å². The molecule has 0 radical (unpaired) electrons. The zero-order valence-electron chi connectivity index (χ0n) is 11.8. The average molecular weight is 356 g/mol. The van der Waals surface area contributed by atoms with Gasteiger partial charge in [0.25, 0.3) is 5.69 Å². The van der Waals surface area contributed by atoms with Crippen molar-refractivity contribution in [2.24, 2.45) is 5.73 Å². The van der Waals surface area contributed by atoms with Gasteiger partial charge in [0.1, 0.15) is 0 Å². The van der Waals surface area contributed by atoms with E-state index in [2.05, 4.69) is 21.2 Å². The maximum atomic E-state index is 12.1. The van der Waals surface area contributed by atoms with Crippen LogP contribution in [-0.4, -0.2) is 16.4 Å². The van der Waals surface area contributed by atoms with Gasteiger partial charge in [0.15, 0.2) is 0 Å². The molecule has 1 aliphatic carbocycles. The molecule has 0 unspecified atom stereocenters. The summed E-state index contributed by atoms with van der Waals surface area (Å²) in [5.41, 5.74) is 6.66. The van der Waals surface area contributed by atoms with Crippen molar-refractivity contribution < 1.29 is 9.72 Å². The zero-order valence-corrected chi connectivity index (χ0v) is 13.4. The van der Waals surface area contributed by atoms with Crippen molar-refractivity contribution in [1.82, 2.24) is 0 Å². The Morgan fingerprint density at radius 1 is 1.48 bits per heavy atom. The first kappa shape index (κ1) is 15.9. The van der Waals surface area contributed by atoms with E-state index in [9.17, 15) is 14.9 Å². The number of amides is 1. The molecule has 6 nitrogen and oxygen atoms in total. The largest absolute Gasteiger partial charge is 0.325 e. The van der Waals surface area contributed by atoms with E-state index < -0.39 is 10.5 Å². The molecule has 0 atom stereocenters. The molecule has 1 aliphatic rings. The van der Waals surface area contributed by atoms with Crippen molar-refractivity contribution in [3.63, 3.8) is 0 Å². The number of carbonyl (C=O) groups is 1. The lowest BCUT2D eigenvalue weighted by atomic mass is 9.94. The van der Waals surface area contributed by atoms with Gasteiger partial charge in [0, 0.05) is 28.1 Å². The molecular weight excluding hydrogens is 338 g/mol. The van der Waals surface area contributed by atoms with Gasteiger partial charge in [-0.05, 0) is 41.8 Å². The number of nitrogens with two attached hydrogens (primary N) is 1. The fraction of sp³-hybridized carbons (Fsp3) is 0.500. The van der Waals surface area contributed by atoms with Gasteiger partial charge < -0.3 is 11.1 Å². The normalized spacial score (nSPS) is 16.7. The molecule has 114 valence electrons. The monoisotopic (exact) mass is 355 g/mol.